The highest BCUT2D eigenvalue weighted by molar-refractivity contribution is 5.84. The zero-order valence-electron chi connectivity index (χ0n) is 9.94. The van der Waals surface area contributed by atoms with Crippen molar-refractivity contribution in [1.82, 2.24) is 0 Å². The van der Waals surface area contributed by atoms with Gasteiger partial charge >= 0.3 is 0 Å². The highest BCUT2D eigenvalue weighted by Crippen LogP contribution is 2.21. The Kier molecular flexibility index (Phi) is 3.75. The number of halogens is 2. The summed E-state index contributed by atoms with van der Waals surface area (Å²) in [7, 11) is 0. The largest absolute Gasteiger partial charge is 0.370 e. The van der Waals surface area contributed by atoms with E-state index in [0.717, 1.165) is 18.2 Å². The smallest absolute Gasteiger partial charge is 0.244 e. The molecule has 2 rings (SSSR count). The van der Waals surface area contributed by atoms with Gasteiger partial charge in [-0.3, -0.25) is 4.79 Å². The van der Waals surface area contributed by atoms with Crippen LogP contribution < -0.4 is 11.1 Å². The van der Waals surface area contributed by atoms with E-state index in [1.807, 2.05) is 0 Å². The third-order valence-corrected chi connectivity index (χ3v) is 2.59. The maximum absolute atomic E-state index is 13.1. The van der Waals surface area contributed by atoms with E-state index in [2.05, 4.69) is 5.32 Å². The molecule has 0 spiro atoms. The Morgan fingerprint density at radius 2 is 1.63 bits per heavy atom. The van der Waals surface area contributed by atoms with Crippen molar-refractivity contribution in [3.05, 3.63) is 65.7 Å². The van der Waals surface area contributed by atoms with Gasteiger partial charge in [0.2, 0.25) is 5.91 Å². The maximum Gasteiger partial charge on any atom is 0.244 e. The topological polar surface area (TPSA) is 55.1 Å². The summed E-state index contributed by atoms with van der Waals surface area (Å²) in [6.45, 7) is 0. The molecule has 0 radical (unpaired) electrons. The van der Waals surface area contributed by atoms with Crippen LogP contribution in [0.4, 0.5) is 14.5 Å². The van der Waals surface area contributed by atoms with Gasteiger partial charge in [-0.05, 0) is 17.7 Å². The van der Waals surface area contributed by atoms with Crippen molar-refractivity contribution in [3.63, 3.8) is 0 Å². The quantitative estimate of drug-likeness (QED) is 0.889. The van der Waals surface area contributed by atoms with Crippen LogP contribution in [0.15, 0.2) is 48.5 Å². The molecule has 0 aromatic heterocycles. The molecule has 0 heterocycles. The summed E-state index contributed by atoms with van der Waals surface area (Å²) in [5, 5.41) is 2.72. The summed E-state index contributed by atoms with van der Waals surface area (Å²) < 4.78 is 26.2. The molecule has 98 valence electrons. The summed E-state index contributed by atoms with van der Waals surface area (Å²) >= 11 is 0. The zero-order chi connectivity index (χ0) is 13.8. The van der Waals surface area contributed by atoms with E-state index >= 15 is 0 Å². The van der Waals surface area contributed by atoms with Crippen molar-refractivity contribution in [2.75, 3.05) is 5.32 Å². The third kappa shape index (κ3) is 3.28. The van der Waals surface area contributed by atoms with E-state index in [9.17, 15) is 13.6 Å². The molecule has 0 fully saturated rings. The number of anilines is 1. The molecule has 1 atom stereocenters. The Hall–Kier alpha value is -2.43. The SMILES string of the molecule is NC(=O)C(Nc1cc(F)cc(F)c1)c1ccccc1. The zero-order valence-corrected chi connectivity index (χ0v) is 9.94. The molecule has 2 aromatic rings. The summed E-state index contributed by atoms with van der Waals surface area (Å²) in [4.78, 5) is 11.4. The molecule has 2 aromatic carbocycles. The Bertz CT molecular complexity index is 567. The van der Waals surface area contributed by atoms with Crippen LogP contribution in [-0.2, 0) is 4.79 Å². The highest BCUT2D eigenvalue weighted by Gasteiger charge is 2.17. The molecule has 0 aliphatic carbocycles. The Balaban J connectivity index is 2.29. The predicted molar refractivity (Wildman–Crippen MR) is 68.4 cm³/mol. The van der Waals surface area contributed by atoms with E-state index in [1.165, 1.54) is 0 Å². The molecule has 0 aliphatic rings. The van der Waals surface area contributed by atoms with Crippen molar-refractivity contribution < 1.29 is 13.6 Å². The van der Waals surface area contributed by atoms with E-state index < -0.39 is 23.6 Å². The number of rotatable bonds is 4. The molecular weight excluding hydrogens is 250 g/mol. The fourth-order valence-corrected chi connectivity index (χ4v) is 1.77. The van der Waals surface area contributed by atoms with Gasteiger partial charge in [0.1, 0.15) is 17.7 Å². The van der Waals surface area contributed by atoms with Gasteiger partial charge in [0, 0.05) is 11.8 Å². The van der Waals surface area contributed by atoms with Crippen molar-refractivity contribution in [3.8, 4) is 0 Å². The number of primary amides is 1. The van der Waals surface area contributed by atoms with Crippen LogP contribution in [0.3, 0.4) is 0 Å². The van der Waals surface area contributed by atoms with Crippen LogP contribution in [0.5, 0.6) is 0 Å². The van der Waals surface area contributed by atoms with Gasteiger partial charge in [0.05, 0.1) is 0 Å². The lowest BCUT2D eigenvalue weighted by Gasteiger charge is -2.17. The summed E-state index contributed by atoms with van der Waals surface area (Å²) in [6, 6.07) is 10.8. The van der Waals surface area contributed by atoms with Gasteiger partial charge in [-0.1, -0.05) is 30.3 Å². The number of hydrogen-bond donors (Lipinski definition) is 2. The number of benzene rings is 2. The lowest BCUT2D eigenvalue weighted by atomic mass is 10.1. The van der Waals surface area contributed by atoms with Crippen molar-refractivity contribution in [1.29, 1.82) is 0 Å². The second-order valence-electron chi connectivity index (χ2n) is 4.05. The second-order valence-corrected chi connectivity index (χ2v) is 4.05. The number of carbonyl (C=O) groups excluding carboxylic acids is 1. The van der Waals surface area contributed by atoms with Crippen LogP contribution in [0.2, 0.25) is 0 Å². The van der Waals surface area contributed by atoms with Crippen LogP contribution >= 0.6 is 0 Å². The first-order valence-electron chi connectivity index (χ1n) is 5.63. The first-order valence-corrected chi connectivity index (χ1v) is 5.63. The van der Waals surface area contributed by atoms with E-state index in [1.54, 1.807) is 30.3 Å². The van der Waals surface area contributed by atoms with E-state index in [-0.39, 0.29) is 5.69 Å². The number of amides is 1. The van der Waals surface area contributed by atoms with Crippen molar-refractivity contribution in [2.24, 2.45) is 5.73 Å². The number of hydrogen-bond acceptors (Lipinski definition) is 2. The minimum atomic E-state index is -0.845. The van der Waals surface area contributed by atoms with Crippen molar-refractivity contribution in [2.45, 2.75) is 6.04 Å². The maximum atomic E-state index is 13.1. The molecular formula is C14H12F2N2O. The van der Waals surface area contributed by atoms with Crippen LogP contribution in [0, 0.1) is 11.6 Å². The van der Waals surface area contributed by atoms with Gasteiger partial charge in [0.15, 0.2) is 0 Å². The molecule has 0 saturated carbocycles. The molecule has 0 aliphatic heterocycles. The third-order valence-electron chi connectivity index (χ3n) is 2.59. The minimum absolute atomic E-state index is 0.158. The molecule has 5 heteroatoms. The van der Waals surface area contributed by atoms with Crippen molar-refractivity contribution >= 4 is 11.6 Å². The highest BCUT2D eigenvalue weighted by atomic mass is 19.1. The molecule has 0 saturated heterocycles. The van der Waals surface area contributed by atoms with Crippen LogP contribution in [0.1, 0.15) is 11.6 Å². The first kappa shape index (κ1) is 13.0. The average molecular weight is 262 g/mol. The second kappa shape index (κ2) is 5.48. The fourth-order valence-electron chi connectivity index (χ4n) is 1.77. The van der Waals surface area contributed by atoms with Crippen LogP contribution in [-0.4, -0.2) is 5.91 Å². The Morgan fingerprint density at radius 1 is 1.05 bits per heavy atom. The average Bonchev–Trinajstić information content (AvgIpc) is 2.35. The number of nitrogens with one attached hydrogen (secondary N) is 1. The molecule has 1 amide bonds. The molecule has 1 unspecified atom stereocenters. The summed E-state index contributed by atoms with van der Waals surface area (Å²) in [5.74, 6) is -2.08. The Labute approximate surface area is 109 Å². The molecule has 3 N–H and O–H groups in total. The standard InChI is InChI=1S/C14H12F2N2O/c15-10-6-11(16)8-12(7-10)18-13(14(17)19)9-4-2-1-3-5-9/h1-8,13,18H,(H2,17,19). The number of carbonyl (C=O) groups is 1. The van der Waals surface area contributed by atoms with Crippen LogP contribution in [0.25, 0.3) is 0 Å². The fraction of sp³-hybridized carbons (Fsp3) is 0.0714. The molecule has 0 bridgehead atoms. The van der Waals surface area contributed by atoms with Gasteiger partial charge in [-0.15, -0.1) is 0 Å². The van der Waals surface area contributed by atoms with E-state index in [4.69, 9.17) is 5.73 Å². The van der Waals surface area contributed by atoms with E-state index in [0.29, 0.717) is 5.56 Å². The normalized spacial score (nSPS) is 11.9. The Morgan fingerprint density at radius 3 is 2.16 bits per heavy atom. The van der Waals surface area contributed by atoms with Gasteiger partial charge in [-0.2, -0.15) is 0 Å². The lowest BCUT2D eigenvalue weighted by molar-refractivity contribution is -0.118. The van der Waals surface area contributed by atoms with Gasteiger partial charge < -0.3 is 11.1 Å². The minimum Gasteiger partial charge on any atom is -0.370 e. The van der Waals surface area contributed by atoms with Gasteiger partial charge in [0.25, 0.3) is 0 Å². The molecule has 19 heavy (non-hydrogen) atoms. The summed E-state index contributed by atoms with van der Waals surface area (Å²) in [5.41, 5.74) is 6.09. The monoisotopic (exact) mass is 262 g/mol. The lowest BCUT2D eigenvalue weighted by Crippen LogP contribution is -2.27. The predicted octanol–water partition coefficient (Wildman–Crippen LogP) is 2.60. The number of nitrogens with two attached hydrogens (primary N) is 1. The first-order chi connectivity index (χ1) is 9.06. The van der Waals surface area contributed by atoms with Gasteiger partial charge in [-0.25, -0.2) is 8.78 Å². The molecule has 3 nitrogen and oxygen atoms in total. The summed E-state index contributed by atoms with van der Waals surface area (Å²) in [6.07, 6.45) is 0.